The fourth-order valence-electron chi connectivity index (χ4n) is 2.20. The normalized spacial score (nSPS) is 17.8. The molecule has 0 radical (unpaired) electrons. The van der Waals surface area contributed by atoms with Crippen LogP contribution in [0.15, 0.2) is 18.2 Å². The third kappa shape index (κ3) is 3.16. The van der Waals surface area contributed by atoms with Crippen LogP contribution in [0.25, 0.3) is 0 Å². The Morgan fingerprint density at radius 3 is 2.56 bits per heavy atom. The molecule has 0 saturated carbocycles. The number of nitrogens with zero attached hydrogens (tertiary/aromatic N) is 1. The summed E-state index contributed by atoms with van der Waals surface area (Å²) in [7, 11) is 2.03. The van der Waals surface area contributed by atoms with E-state index < -0.39 is 0 Å². The minimum atomic E-state index is -0.0923. The van der Waals surface area contributed by atoms with Crippen LogP contribution in [0.5, 0.6) is 0 Å². The number of rotatable bonds is 5. The summed E-state index contributed by atoms with van der Waals surface area (Å²) in [6.07, 6.45) is 0. The molecule has 0 atom stereocenters. The topological polar surface area (TPSA) is 32.7 Å². The first kappa shape index (κ1) is 14.1. The minimum absolute atomic E-state index is 0.0923. The van der Waals surface area contributed by atoms with Crippen LogP contribution in [-0.2, 0) is 11.3 Å². The second kappa shape index (κ2) is 5.76. The van der Waals surface area contributed by atoms with Crippen LogP contribution in [0.2, 0.25) is 10.0 Å². The van der Waals surface area contributed by atoms with Crippen LogP contribution in [0.4, 0.5) is 0 Å². The largest absolute Gasteiger partial charge is 0.396 e. The molecule has 0 unspecified atom stereocenters. The Balaban J connectivity index is 1.94. The van der Waals surface area contributed by atoms with E-state index in [1.165, 1.54) is 0 Å². The molecule has 0 aromatic heterocycles. The summed E-state index contributed by atoms with van der Waals surface area (Å²) in [4.78, 5) is 2.16. The van der Waals surface area contributed by atoms with Gasteiger partial charge in [-0.25, -0.2) is 0 Å². The molecule has 1 aromatic carbocycles. The highest BCUT2D eigenvalue weighted by atomic mass is 35.5. The lowest BCUT2D eigenvalue weighted by Crippen LogP contribution is -2.52. The van der Waals surface area contributed by atoms with Gasteiger partial charge in [-0.15, -0.1) is 0 Å². The number of benzene rings is 1. The first-order valence-electron chi connectivity index (χ1n) is 5.86. The molecule has 0 amide bonds. The first-order chi connectivity index (χ1) is 8.54. The summed E-state index contributed by atoms with van der Waals surface area (Å²) >= 11 is 11.9. The van der Waals surface area contributed by atoms with E-state index in [4.69, 9.17) is 27.9 Å². The molecule has 2 rings (SSSR count). The van der Waals surface area contributed by atoms with Crippen LogP contribution >= 0.6 is 23.2 Å². The van der Waals surface area contributed by atoms with Crippen molar-refractivity contribution in [2.24, 2.45) is 5.41 Å². The Bertz CT molecular complexity index is 416. The molecule has 1 aromatic rings. The Labute approximate surface area is 117 Å². The fourth-order valence-corrected chi connectivity index (χ4v) is 2.52. The highest BCUT2D eigenvalue weighted by Gasteiger charge is 2.38. The maximum atomic E-state index is 9.39. The monoisotopic (exact) mass is 289 g/mol. The standard InChI is InChI=1S/C13H17Cl2NO2/c1-16(6-13(7-17)8-18-9-13)5-10-2-3-11(14)12(15)4-10/h2-4,17H,5-9H2,1H3. The van der Waals surface area contributed by atoms with Gasteiger partial charge in [0, 0.05) is 13.1 Å². The van der Waals surface area contributed by atoms with Crippen molar-refractivity contribution in [2.45, 2.75) is 6.54 Å². The maximum absolute atomic E-state index is 9.39. The SMILES string of the molecule is CN(Cc1ccc(Cl)c(Cl)c1)CC1(CO)COC1. The highest BCUT2D eigenvalue weighted by Crippen LogP contribution is 2.28. The Morgan fingerprint density at radius 2 is 2.06 bits per heavy atom. The molecule has 5 heteroatoms. The number of ether oxygens (including phenoxy) is 1. The molecule has 1 aliphatic heterocycles. The van der Waals surface area contributed by atoms with Crippen molar-refractivity contribution in [2.75, 3.05) is 33.4 Å². The lowest BCUT2D eigenvalue weighted by molar-refractivity contribution is -0.147. The van der Waals surface area contributed by atoms with Gasteiger partial charge in [-0.05, 0) is 24.7 Å². The average molecular weight is 290 g/mol. The predicted molar refractivity (Wildman–Crippen MR) is 73.1 cm³/mol. The van der Waals surface area contributed by atoms with E-state index in [2.05, 4.69) is 4.90 Å². The predicted octanol–water partition coefficient (Wildman–Crippen LogP) is 2.43. The highest BCUT2D eigenvalue weighted by molar-refractivity contribution is 6.42. The third-order valence-electron chi connectivity index (χ3n) is 3.19. The van der Waals surface area contributed by atoms with Crippen molar-refractivity contribution in [1.29, 1.82) is 0 Å². The third-order valence-corrected chi connectivity index (χ3v) is 3.93. The molecule has 3 nitrogen and oxygen atoms in total. The summed E-state index contributed by atoms with van der Waals surface area (Å²) in [5.41, 5.74) is 1.02. The summed E-state index contributed by atoms with van der Waals surface area (Å²) < 4.78 is 5.19. The van der Waals surface area contributed by atoms with Gasteiger partial charge in [0.2, 0.25) is 0 Å². The van der Waals surface area contributed by atoms with Gasteiger partial charge in [-0.1, -0.05) is 29.3 Å². The molecule has 1 aliphatic rings. The second-order valence-corrected chi connectivity index (χ2v) is 5.89. The summed E-state index contributed by atoms with van der Waals surface area (Å²) in [5, 5.41) is 10.5. The van der Waals surface area contributed by atoms with Crippen LogP contribution in [0.3, 0.4) is 0 Å². The Morgan fingerprint density at radius 1 is 1.33 bits per heavy atom. The van der Waals surface area contributed by atoms with E-state index in [0.717, 1.165) is 18.7 Å². The van der Waals surface area contributed by atoms with E-state index in [0.29, 0.717) is 23.3 Å². The van der Waals surface area contributed by atoms with E-state index in [1.807, 2.05) is 19.2 Å². The van der Waals surface area contributed by atoms with Crippen molar-refractivity contribution in [3.63, 3.8) is 0 Å². The van der Waals surface area contributed by atoms with Gasteiger partial charge in [0.15, 0.2) is 0 Å². The fraction of sp³-hybridized carbons (Fsp3) is 0.538. The zero-order valence-electron chi connectivity index (χ0n) is 10.3. The number of hydrogen-bond donors (Lipinski definition) is 1. The molecule has 1 heterocycles. The molecule has 0 bridgehead atoms. The molecule has 100 valence electrons. The molecule has 1 N–H and O–H groups in total. The lowest BCUT2D eigenvalue weighted by atomic mass is 9.86. The summed E-state index contributed by atoms with van der Waals surface area (Å²) in [5.74, 6) is 0. The van der Waals surface area contributed by atoms with E-state index in [1.54, 1.807) is 6.07 Å². The van der Waals surface area contributed by atoms with Gasteiger partial charge in [0.05, 0.1) is 35.3 Å². The van der Waals surface area contributed by atoms with Crippen molar-refractivity contribution >= 4 is 23.2 Å². The van der Waals surface area contributed by atoms with E-state index in [9.17, 15) is 5.11 Å². The quantitative estimate of drug-likeness (QED) is 0.904. The number of halogens is 2. The summed E-state index contributed by atoms with van der Waals surface area (Å²) in [6.45, 7) is 3.02. The zero-order valence-corrected chi connectivity index (χ0v) is 11.8. The van der Waals surface area contributed by atoms with Crippen molar-refractivity contribution in [3.8, 4) is 0 Å². The number of hydrogen-bond acceptors (Lipinski definition) is 3. The lowest BCUT2D eigenvalue weighted by Gasteiger charge is -2.42. The van der Waals surface area contributed by atoms with Crippen LogP contribution < -0.4 is 0 Å². The Kier molecular flexibility index (Phi) is 4.51. The van der Waals surface area contributed by atoms with Crippen LogP contribution in [-0.4, -0.2) is 43.4 Å². The maximum Gasteiger partial charge on any atom is 0.0595 e. The molecule has 18 heavy (non-hydrogen) atoms. The van der Waals surface area contributed by atoms with Gasteiger partial charge in [-0.2, -0.15) is 0 Å². The number of aliphatic hydroxyl groups excluding tert-OH is 1. The van der Waals surface area contributed by atoms with Crippen LogP contribution in [0, 0.1) is 5.41 Å². The summed E-state index contributed by atoms with van der Waals surface area (Å²) in [6, 6.07) is 5.65. The first-order valence-corrected chi connectivity index (χ1v) is 6.61. The van der Waals surface area contributed by atoms with E-state index in [-0.39, 0.29) is 12.0 Å². The van der Waals surface area contributed by atoms with Crippen molar-refractivity contribution in [1.82, 2.24) is 4.90 Å². The van der Waals surface area contributed by atoms with Crippen LogP contribution in [0.1, 0.15) is 5.56 Å². The molecule has 0 aliphatic carbocycles. The van der Waals surface area contributed by atoms with Gasteiger partial charge >= 0.3 is 0 Å². The molecule has 1 saturated heterocycles. The van der Waals surface area contributed by atoms with Gasteiger partial charge < -0.3 is 14.7 Å². The molecule has 1 fully saturated rings. The van der Waals surface area contributed by atoms with Crippen molar-refractivity contribution < 1.29 is 9.84 Å². The smallest absolute Gasteiger partial charge is 0.0595 e. The zero-order chi connectivity index (χ0) is 13.2. The average Bonchev–Trinajstić information content (AvgIpc) is 2.29. The molecular formula is C13H17Cl2NO2. The van der Waals surface area contributed by atoms with E-state index >= 15 is 0 Å². The Hall–Kier alpha value is -0.320. The van der Waals surface area contributed by atoms with Crippen molar-refractivity contribution in [3.05, 3.63) is 33.8 Å². The molecule has 0 spiro atoms. The minimum Gasteiger partial charge on any atom is -0.396 e. The van der Waals surface area contributed by atoms with Gasteiger partial charge in [0.1, 0.15) is 0 Å². The van der Waals surface area contributed by atoms with Gasteiger partial charge in [0.25, 0.3) is 0 Å². The second-order valence-electron chi connectivity index (χ2n) is 5.07. The molecular weight excluding hydrogens is 273 g/mol. The van der Waals surface area contributed by atoms with Gasteiger partial charge in [-0.3, -0.25) is 0 Å². The number of aliphatic hydroxyl groups is 1.